The Morgan fingerprint density at radius 1 is 1.07 bits per heavy atom. The number of carbonyl (C=O) groups is 1. The maximum Gasteiger partial charge on any atom is 0.260 e. The second-order valence-electron chi connectivity index (χ2n) is 7.20. The molecule has 0 aliphatic rings. The first-order valence-electron chi connectivity index (χ1n) is 9.58. The molecule has 2 aromatic rings. The van der Waals surface area contributed by atoms with Crippen LogP contribution < -0.4 is 14.8 Å². The van der Waals surface area contributed by atoms with Crippen molar-refractivity contribution in [1.29, 1.82) is 0 Å². The molecule has 0 spiro atoms. The van der Waals surface area contributed by atoms with Gasteiger partial charge < -0.3 is 14.8 Å². The van der Waals surface area contributed by atoms with Gasteiger partial charge in [0.15, 0.2) is 6.10 Å². The lowest BCUT2D eigenvalue weighted by Crippen LogP contribution is -2.37. The Morgan fingerprint density at radius 3 is 2.41 bits per heavy atom. The van der Waals surface area contributed by atoms with Crippen LogP contribution in [0.5, 0.6) is 11.5 Å². The van der Waals surface area contributed by atoms with Crippen molar-refractivity contribution in [2.45, 2.75) is 52.6 Å². The van der Waals surface area contributed by atoms with E-state index in [0.717, 1.165) is 35.5 Å². The molecule has 146 valence electrons. The third-order valence-corrected chi connectivity index (χ3v) is 4.56. The van der Waals surface area contributed by atoms with Crippen molar-refractivity contribution in [2.75, 3.05) is 13.7 Å². The topological polar surface area (TPSA) is 47.6 Å². The summed E-state index contributed by atoms with van der Waals surface area (Å²) >= 11 is 0. The van der Waals surface area contributed by atoms with Crippen molar-refractivity contribution in [3.05, 3.63) is 59.2 Å². The first-order valence-corrected chi connectivity index (χ1v) is 9.58. The maximum absolute atomic E-state index is 12.4. The molecule has 0 saturated carbocycles. The first-order chi connectivity index (χ1) is 12.9. The summed E-state index contributed by atoms with van der Waals surface area (Å²) in [4.78, 5) is 12.4. The lowest BCUT2D eigenvalue weighted by atomic mass is 10.0. The predicted molar refractivity (Wildman–Crippen MR) is 110 cm³/mol. The molecule has 0 heterocycles. The van der Waals surface area contributed by atoms with Crippen LogP contribution in [0.2, 0.25) is 0 Å². The van der Waals surface area contributed by atoms with Crippen LogP contribution in [-0.2, 0) is 11.2 Å². The molecule has 0 fully saturated rings. The van der Waals surface area contributed by atoms with Gasteiger partial charge in [-0.25, -0.2) is 0 Å². The summed E-state index contributed by atoms with van der Waals surface area (Å²) in [5, 5.41) is 2.97. The van der Waals surface area contributed by atoms with Crippen LogP contribution in [0.1, 0.15) is 49.8 Å². The Morgan fingerprint density at radius 2 is 1.78 bits per heavy atom. The van der Waals surface area contributed by atoms with Crippen molar-refractivity contribution < 1.29 is 14.3 Å². The van der Waals surface area contributed by atoms with Gasteiger partial charge in [-0.3, -0.25) is 4.79 Å². The van der Waals surface area contributed by atoms with Gasteiger partial charge in [-0.1, -0.05) is 38.1 Å². The van der Waals surface area contributed by atoms with Crippen LogP contribution in [-0.4, -0.2) is 25.7 Å². The Kier molecular flexibility index (Phi) is 7.71. The minimum atomic E-state index is -0.523. The van der Waals surface area contributed by atoms with Gasteiger partial charge in [0.25, 0.3) is 5.91 Å². The van der Waals surface area contributed by atoms with Crippen molar-refractivity contribution in [3.8, 4) is 11.5 Å². The fraction of sp³-hybridized carbons (Fsp3) is 0.435. The van der Waals surface area contributed by atoms with E-state index in [-0.39, 0.29) is 5.91 Å². The SMILES string of the molecule is COc1ccc(CCCNC(=O)C(C)Oc2cc(C)ccc2C(C)C)cc1. The zero-order chi connectivity index (χ0) is 19.8. The third kappa shape index (κ3) is 6.31. The van der Waals surface area contributed by atoms with Crippen LogP contribution in [0.25, 0.3) is 0 Å². The number of aryl methyl sites for hydroxylation is 2. The quantitative estimate of drug-likeness (QED) is 0.655. The lowest BCUT2D eigenvalue weighted by molar-refractivity contribution is -0.127. The number of hydrogen-bond acceptors (Lipinski definition) is 3. The van der Waals surface area contributed by atoms with E-state index >= 15 is 0 Å². The summed E-state index contributed by atoms with van der Waals surface area (Å²) in [7, 11) is 1.66. The maximum atomic E-state index is 12.4. The molecule has 2 rings (SSSR count). The van der Waals surface area contributed by atoms with E-state index in [1.54, 1.807) is 14.0 Å². The highest BCUT2D eigenvalue weighted by Gasteiger charge is 2.17. The molecule has 0 aliphatic carbocycles. The Labute approximate surface area is 162 Å². The molecule has 0 aliphatic heterocycles. The number of benzene rings is 2. The molecule has 4 nitrogen and oxygen atoms in total. The molecular weight excluding hydrogens is 338 g/mol. The molecule has 4 heteroatoms. The highest BCUT2D eigenvalue weighted by molar-refractivity contribution is 5.80. The van der Waals surface area contributed by atoms with E-state index in [0.29, 0.717) is 12.5 Å². The fourth-order valence-corrected chi connectivity index (χ4v) is 2.90. The van der Waals surface area contributed by atoms with Gasteiger partial charge in [0.05, 0.1) is 7.11 Å². The molecule has 1 unspecified atom stereocenters. The predicted octanol–water partition coefficient (Wildman–Crippen LogP) is 4.64. The van der Waals surface area contributed by atoms with Crippen LogP contribution in [0, 0.1) is 6.92 Å². The highest BCUT2D eigenvalue weighted by Crippen LogP contribution is 2.28. The summed E-state index contributed by atoms with van der Waals surface area (Å²) in [6.07, 6.45) is 1.27. The van der Waals surface area contributed by atoms with E-state index in [1.807, 2.05) is 25.1 Å². The highest BCUT2D eigenvalue weighted by atomic mass is 16.5. The van der Waals surface area contributed by atoms with Crippen molar-refractivity contribution in [1.82, 2.24) is 5.32 Å². The third-order valence-electron chi connectivity index (χ3n) is 4.56. The fourth-order valence-electron chi connectivity index (χ4n) is 2.90. The molecule has 0 bridgehead atoms. The van der Waals surface area contributed by atoms with E-state index in [4.69, 9.17) is 9.47 Å². The molecule has 0 saturated heterocycles. The van der Waals surface area contributed by atoms with Crippen molar-refractivity contribution in [3.63, 3.8) is 0 Å². The number of methoxy groups -OCH3 is 1. The summed E-state index contributed by atoms with van der Waals surface area (Å²) < 4.78 is 11.1. The summed E-state index contributed by atoms with van der Waals surface area (Å²) in [6.45, 7) is 8.71. The van der Waals surface area contributed by atoms with Crippen LogP contribution in [0.4, 0.5) is 0 Å². The van der Waals surface area contributed by atoms with Crippen molar-refractivity contribution in [2.24, 2.45) is 0 Å². The molecule has 1 atom stereocenters. The van der Waals surface area contributed by atoms with Gasteiger partial charge in [-0.05, 0) is 67.5 Å². The summed E-state index contributed by atoms with van der Waals surface area (Å²) in [6, 6.07) is 14.2. The second-order valence-corrected chi connectivity index (χ2v) is 7.20. The normalized spacial score (nSPS) is 11.9. The number of amides is 1. The van der Waals surface area contributed by atoms with Crippen LogP contribution in [0.15, 0.2) is 42.5 Å². The zero-order valence-corrected chi connectivity index (χ0v) is 17.0. The molecule has 27 heavy (non-hydrogen) atoms. The number of hydrogen-bond donors (Lipinski definition) is 1. The van der Waals surface area contributed by atoms with Crippen LogP contribution >= 0.6 is 0 Å². The first kappa shape index (κ1) is 20.8. The van der Waals surface area contributed by atoms with E-state index in [1.165, 1.54) is 5.56 Å². The zero-order valence-electron chi connectivity index (χ0n) is 17.0. The summed E-state index contributed by atoms with van der Waals surface area (Å²) in [5.74, 6) is 1.92. The molecule has 2 aromatic carbocycles. The molecule has 1 amide bonds. The molecular formula is C23H31NO3. The Balaban J connectivity index is 1.81. The average molecular weight is 370 g/mol. The molecule has 1 N–H and O–H groups in total. The number of carbonyl (C=O) groups excluding carboxylic acids is 1. The second kappa shape index (κ2) is 10.0. The Bertz CT molecular complexity index is 738. The van der Waals surface area contributed by atoms with E-state index in [9.17, 15) is 4.79 Å². The molecule has 0 radical (unpaired) electrons. The monoisotopic (exact) mass is 369 g/mol. The van der Waals surface area contributed by atoms with E-state index < -0.39 is 6.10 Å². The van der Waals surface area contributed by atoms with Gasteiger partial charge in [0.1, 0.15) is 11.5 Å². The molecule has 0 aromatic heterocycles. The van der Waals surface area contributed by atoms with Gasteiger partial charge in [-0.15, -0.1) is 0 Å². The number of ether oxygens (including phenoxy) is 2. The number of nitrogens with one attached hydrogen (secondary N) is 1. The van der Waals surface area contributed by atoms with Gasteiger partial charge >= 0.3 is 0 Å². The standard InChI is InChI=1S/C23H31NO3/c1-16(2)21-13-8-17(3)15-22(21)27-18(4)23(25)24-14-6-7-19-9-11-20(26-5)12-10-19/h8-13,15-16,18H,6-7,14H2,1-5H3,(H,24,25). The Hall–Kier alpha value is -2.49. The van der Waals surface area contributed by atoms with Gasteiger partial charge in [0.2, 0.25) is 0 Å². The lowest BCUT2D eigenvalue weighted by Gasteiger charge is -2.19. The van der Waals surface area contributed by atoms with Crippen LogP contribution in [0.3, 0.4) is 0 Å². The largest absolute Gasteiger partial charge is 0.497 e. The van der Waals surface area contributed by atoms with Gasteiger partial charge in [-0.2, -0.15) is 0 Å². The van der Waals surface area contributed by atoms with Gasteiger partial charge in [0, 0.05) is 6.54 Å². The minimum absolute atomic E-state index is 0.0825. The minimum Gasteiger partial charge on any atom is -0.497 e. The van der Waals surface area contributed by atoms with E-state index in [2.05, 4.69) is 43.4 Å². The average Bonchev–Trinajstić information content (AvgIpc) is 2.65. The smallest absolute Gasteiger partial charge is 0.260 e. The van der Waals surface area contributed by atoms with Crippen molar-refractivity contribution >= 4 is 5.91 Å². The number of rotatable bonds is 9. The summed E-state index contributed by atoms with van der Waals surface area (Å²) in [5.41, 5.74) is 3.48.